The van der Waals surface area contributed by atoms with Gasteiger partial charge in [-0.25, -0.2) is 8.78 Å². The smallest absolute Gasteiger partial charge is 0.252 e. The maximum Gasteiger partial charge on any atom is 0.252 e. The molecular formula is C24H21F2IN2O3. The molecule has 3 aromatic rings. The lowest BCUT2D eigenvalue weighted by Crippen LogP contribution is -2.23. The molecule has 5 nitrogen and oxygen atoms in total. The normalized spacial score (nSPS) is 10.7. The first-order valence-corrected chi connectivity index (χ1v) is 10.7. The number of rotatable bonds is 7. The highest BCUT2D eigenvalue weighted by Gasteiger charge is 2.20. The molecule has 0 spiro atoms. The Morgan fingerprint density at radius 3 is 2.44 bits per heavy atom. The highest BCUT2D eigenvalue weighted by molar-refractivity contribution is 14.1. The Bertz CT molecular complexity index is 1180. The van der Waals surface area contributed by atoms with Gasteiger partial charge in [-0.3, -0.25) is 9.59 Å². The first-order chi connectivity index (χ1) is 15.1. The molecule has 0 radical (unpaired) electrons. The number of carbonyl (C=O) groups is 2. The van der Waals surface area contributed by atoms with Crippen LogP contribution in [0.5, 0.6) is 11.5 Å². The van der Waals surface area contributed by atoms with Gasteiger partial charge in [0.25, 0.3) is 5.91 Å². The van der Waals surface area contributed by atoms with Gasteiger partial charge in [-0.2, -0.15) is 0 Å². The minimum atomic E-state index is -0.820. The molecule has 0 atom stereocenters. The van der Waals surface area contributed by atoms with Crippen LogP contribution >= 0.6 is 22.6 Å². The maximum atomic E-state index is 14.4. The van der Waals surface area contributed by atoms with Gasteiger partial charge < -0.3 is 15.4 Å². The van der Waals surface area contributed by atoms with Crippen molar-refractivity contribution in [1.82, 2.24) is 4.90 Å². The molecule has 0 aliphatic carbocycles. The van der Waals surface area contributed by atoms with Crippen LogP contribution in [-0.4, -0.2) is 30.8 Å². The van der Waals surface area contributed by atoms with Crippen LogP contribution in [0.3, 0.4) is 0 Å². The van der Waals surface area contributed by atoms with E-state index in [0.717, 1.165) is 15.7 Å². The van der Waals surface area contributed by atoms with Crippen molar-refractivity contribution in [2.45, 2.75) is 12.8 Å². The standard InChI is InChI=1S/C24H21F2IN2O3/c1-29(2)22(30)9-14-4-3-5-19(8-14)32-21-12-17(25)11-16(23(21)24(28)31)10-15-6-7-18(27)13-20(15)26/h3-8,11-13H,9-10H2,1-2H3,(H2,28,31). The van der Waals surface area contributed by atoms with E-state index in [4.69, 9.17) is 10.5 Å². The second-order valence-corrected chi connectivity index (χ2v) is 8.67. The molecule has 3 rings (SSSR count). The molecule has 0 aliphatic rings. The van der Waals surface area contributed by atoms with Crippen molar-refractivity contribution in [3.8, 4) is 11.5 Å². The van der Waals surface area contributed by atoms with E-state index in [1.54, 1.807) is 50.5 Å². The summed E-state index contributed by atoms with van der Waals surface area (Å²) in [5, 5.41) is 0. The predicted molar refractivity (Wildman–Crippen MR) is 126 cm³/mol. The molecule has 2 N–H and O–H groups in total. The molecule has 0 aromatic heterocycles. The van der Waals surface area contributed by atoms with E-state index < -0.39 is 17.5 Å². The third kappa shape index (κ3) is 5.82. The molecule has 3 aromatic carbocycles. The highest BCUT2D eigenvalue weighted by atomic mass is 127. The van der Waals surface area contributed by atoms with E-state index in [1.807, 2.05) is 22.6 Å². The number of hydrogen-bond acceptors (Lipinski definition) is 3. The number of carbonyl (C=O) groups excluding carboxylic acids is 2. The molecule has 0 fully saturated rings. The van der Waals surface area contributed by atoms with E-state index in [9.17, 15) is 18.4 Å². The van der Waals surface area contributed by atoms with Crippen molar-refractivity contribution in [3.63, 3.8) is 0 Å². The fourth-order valence-corrected chi connectivity index (χ4v) is 3.64. The minimum absolute atomic E-state index is 0.0286. The minimum Gasteiger partial charge on any atom is -0.456 e. The van der Waals surface area contributed by atoms with Crippen molar-refractivity contribution < 1.29 is 23.1 Å². The van der Waals surface area contributed by atoms with Crippen LogP contribution in [0.2, 0.25) is 0 Å². The molecule has 0 saturated heterocycles. The van der Waals surface area contributed by atoms with Gasteiger partial charge in [0.15, 0.2) is 0 Å². The number of amides is 2. The Labute approximate surface area is 198 Å². The van der Waals surface area contributed by atoms with Crippen LogP contribution < -0.4 is 10.5 Å². The topological polar surface area (TPSA) is 72.6 Å². The van der Waals surface area contributed by atoms with Crippen LogP contribution in [0, 0.1) is 15.2 Å². The van der Waals surface area contributed by atoms with E-state index >= 15 is 0 Å². The number of hydrogen-bond donors (Lipinski definition) is 1. The molecule has 32 heavy (non-hydrogen) atoms. The summed E-state index contributed by atoms with van der Waals surface area (Å²) in [4.78, 5) is 25.7. The molecule has 2 amide bonds. The molecule has 8 heteroatoms. The average Bonchev–Trinajstić information content (AvgIpc) is 2.69. The number of benzene rings is 3. The first kappa shape index (κ1) is 23.6. The summed E-state index contributed by atoms with van der Waals surface area (Å²) in [6.07, 6.45) is 0.125. The van der Waals surface area contributed by atoms with E-state index in [1.165, 1.54) is 11.0 Å². The maximum absolute atomic E-state index is 14.4. The summed E-state index contributed by atoms with van der Waals surface area (Å²) in [7, 11) is 3.32. The molecule has 0 saturated carbocycles. The fourth-order valence-electron chi connectivity index (χ4n) is 3.18. The zero-order valence-corrected chi connectivity index (χ0v) is 19.7. The Balaban J connectivity index is 1.97. The molecular weight excluding hydrogens is 529 g/mol. The monoisotopic (exact) mass is 550 g/mol. The van der Waals surface area contributed by atoms with Gasteiger partial charge in [-0.05, 0) is 69.6 Å². The van der Waals surface area contributed by atoms with Crippen molar-refractivity contribution in [3.05, 3.63) is 92.1 Å². The second-order valence-electron chi connectivity index (χ2n) is 7.43. The number of nitrogens with two attached hydrogens (primary N) is 1. The van der Waals surface area contributed by atoms with Gasteiger partial charge in [0.05, 0.1) is 12.0 Å². The largest absolute Gasteiger partial charge is 0.456 e. The SMILES string of the molecule is CN(C)C(=O)Cc1cccc(Oc2cc(F)cc(Cc3ccc(I)cc3F)c2C(N)=O)c1. The summed E-state index contributed by atoms with van der Waals surface area (Å²) >= 11 is 1.99. The Hall–Kier alpha value is -3.01. The molecule has 166 valence electrons. The highest BCUT2D eigenvalue weighted by Crippen LogP contribution is 2.31. The number of nitrogens with zero attached hydrogens (tertiary/aromatic N) is 1. The summed E-state index contributed by atoms with van der Waals surface area (Å²) < 4.78 is 35.3. The quantitative estimate of drug-likeness (QED) is 0.435. The van der Waals surface area contributed by atoms with Crippen LogP contribution in [0.25, 0.3) is 0 Å². The van der Waals surface area contributed by atoms with Crippen LogP contribution in [0.15, 0.2) is 54.6 Å². The van der Waals surface area contributed by atoms with Gasteiger partial charge in [0, 0.05) is 30.2 Å². The Kier molecular flexibility index (Phi) is 7.44. The fraction of sp³-hybridized carbons (Fsp3) is 0.167. The summed E-state index contributed by atoms with van der Waals surface area (Å²) in [6.45, 7) is 0. The number of primary amides is 1. The van der Waals surface area contributed by atoms with Crippen molar-refractivity contribution in [1.29, 1.82) is 0 Å². The van der Waals surface area contributed by atoms with Crippen LogP contribution in [0.4, 0.5) is 8.78 Å². The molecule has 0 unspecified atom stereocenters. The molecule has 0 aliphatic heterocycles. The van der Waals surface area contributed by atoms with Gasteiger partial charge in [0.1, 0.15) is 23.1 Å². The Morgan fingerprint density at radius 2 is 1.78 bits per heavy atom. The lowest BCUT2D eigenvalue weighted by atomic mass is 9.98. The summed E-state index contributed by atoms with van der Waals surface area (Å²) in [5.41, 5.74) is 6.76. The summed E-state index contributed by atoms with van der Waals surface area (Å²) in [6, 6.07) is 13.6. The van der Waals surface area contributed by atoms with Crippen molar-refractivity contribution in [2.24, 2.45) is 5.73 Å². The third-order valence-corrected chi connectivity index (χ3v) is 5.44. The predicted octanol–water partition coefficient (Wildman–Crippen LogP) is 4.68. The van der Waals surface area contributed by atoms with E-state index in [0.29, 0.717) is 16.9 Å². The Morgan fingerprint density at radius 1 is 1.03 bits per heavy atom. The lowest BCUT2D eigenvalue weighted by molar-refractivity contribution is -0.127. The lowest BCUT2D eigenvalue weighted by Gasteiger charge is -2.15. The van der Waals surface area contributed by atoms with Gasteiger partial charge in [0.2, 0.25) is 5.91 Å². The van der Waals surface area contributed by atoms with Gasteiger partial charge in [-0.1, -0.05) is 18.2 Å². The average molecular weight is 550 g/mol. The summed E-state index contributed by atoms with van der Waals surface area (Å²) in [5.74, 6) is -1.78. The molecule has 0 bridgehead atoms. The van der Waals surface area contributed by atoms with Crippen molar-refractivity contribution in [2.75, 3.05) is 14.1 Å². The van der Waals surface area contributed by atoms with E-state index in [-0.39, 0.29) is 35.6 Å². The number of halogens is 3. The number of ether oxygens (including phenoxy) is 1. The van der Waals surface area contributed by atoms with Crippen LogP contribution in [0.1, 0.15) is 27.0 Å². The van der Waals surface area contributed by atoms with Gasteiger partial charge in [-0.15, -0.1) is 0 Å². The molecule has 0 heterocycles. The zero-order valence-electron chi connectivity index (χ0n) is 17.5. The van der Waals surface area contributed by atoms with Crippen LogP contribution in [-0.2, 0) is 17.6 Å². The first-order valence-electron chi connectivity index (χ1n) is 9.67. The van der Waals surface area contributed by atoms with Crippen molar-refractivity contribution >= 4 is 34.4 Å². The van der Waals surface area contributed by atoms with E-state index in [2.05, 4.69) is 0 Å². The zero-order chi connectivity index (χ0) is 23.4. The third-order valence-electron chi connectivity index (χ3n) is 4.77. The number of likely N-dealkylation sites (N-methyl/N-ethyl adjacent to an activating group) is 1. The van der Waals surface area contributed by atoms with Gasteiger partial charge >= 0.3 is 0 Å². The second kappa shape index (κ2) is 10.1.